The predicted octanol–water partition coefficient (Wildman–Crippen LogP) is 20.7. The molecular formula is C54H54Cl2F15SiZr. The van der Waals surface area contributed by atoms with Crippen LogP contribution < -0.4 is 0 Å². The summed E-state index contributed by atoms with van der Waals surface area (Å²) in [4.78, 5) is 0. The van der Waals surface area contributed by atoms with Crippen molar-refractivity contribution in [2.24, 2.45) is 11.8 Å². The van der Waals surface area contributed by atoms with E-state index in [9.17, 15) is 65.9 Å². The van der Waals surface area contributed by atoms with Crippen molar-refractivity contribution in [3.8, 4) is 22.3 Å². The summed E-state index contributed by atoms with van der Waals surface area (Å²) in [5, 5.41) is 0. The number of rotatable bonds is 11. The van der Waals surface area contributed by atoms with E-state index in [2.05, 4.69) is 0 Å². The van der Waals surface area contributed by atoms with Crippen molar-refractivity contribution in [2.75, 3.05) is 0 Å². The van der Waals surface area contributed by atoms with Crippen molar-refractivity contribution in [1.29, 1.82) is 0 Å². The van der Waals surface area contributed by atoms with E-state index in [1.54, 1.807) is 30.8 Å². The van der Waals surface area contributed by atoms with Gasteiger partial charge in [0.25, 0.3) is 0 Å². The van der Waals surface area contributed by atoms with E-state index in [1.165, 1.54) is 24.3 Å². The summed E-state index contributed by atoms with van der Waals surface area (Å²) in [7, 11) is 17.5. The Morgan fingerprint density at radius 1 is 0.479 bits per heavy atom. The summed E-state index contributed by atoms with van der Waals surface area (Å²) in [6.45, 7) is 1.69. The molecule has 4 aliphatic rings. The molecule has 19 heteroatoms. The Morgan fingerprint density at radius 3 is 1.11 bits per heavy atom. The first-order chi connectivity index (χ1) is 33.9. The van der Waals surface area contributed by atoms with Crippen LogP contribution in [0.15, 0.2) is 83.9 Å². The molecule has 4 aliphatic carbocycles. The molecule has 8 rings (SSSR count). The normalized spacial score (nSPS) is 20.9. The van der Waals surface area contributed by atoms with Gasteiger partial charge >= 0.3 is 426 Å². The van der Waals surface area contributed by atoms with Gasteiger partial charge in [0.2, 0.25) is 0 Å². The Morgan fingerprint density at radius 2 is 0.808 bits per heavy atom. The molecule has 397 valence electrons. The van der Waals surface area contributed by atoms with Gasteiger partial charge < -0.3 is 0 Å². The van der Waals surface area contributed by atoms with E-state index < -0.39 is 105 Å². The molecule has 0 nitrogen and oxygen atoms in total. The molecule has 2 fully saturated rings. The van der Waals surface area contributed by atoms with Crippen LogP contribution in [-0.2, 0) is 40.3 Å². The molecule has 2 saturated carbocycles. The second-order valence-electron chi connectivity index (χ2n) is 20.9. The molecule has 0 bridgehead atoms. The number of allylic oxidation sites excluding steroid dienone is 2. The summed E-state index contributed by atoms with van der Waals surface area (Å²) >= 11 is -6.59. The molecule has 0 spiro atoms. The summed E-state index contributed by atoms with van der Waals surface area (Å²) in [5.74, 6) is -3.23. The van der Waals surface area contributed by atoms with Gasteiger partial charge in [-0.3, -0.25) is 0 Å². The van der Waals surface area contributed by atoms with Crippen LogP contribution in [0.25, 0.3) is 34.4 Å². The molecule has 0 aliphatic heterocycles. The molecule has 0 saturated heterocycles. The van der Waals surface area contributed by atoms with Gasteiger partial charge in [0.05, 0.1) is 0 Å². The second-order valence-corrected chi connectivity index (χ2v) is 62.2. The van der Waals surface area contributed by atoms with Gasteiger partial charge in [-0.05, 0) is 0 Å². The monoisotopic (exact) mass is 1180 g/mol. The molecular weight excluding hydrogens is 1120 g/mol. The van der Waals surface area contributed by atoms with Gasteiger partial charge in [0.1, 0.15) is 0 Å². The summed E-state index contributed by atoms with van der Waals surface area (Å²) in [6, 6.07) is 11.1. The maximum atomic E-state index is 14.6. The fourth-order valence-electron chi connectivity index (χ4n) is 12.5. The van der Waals surface area contributed by atoms with Gasteiger partial charge in [-0.1, -0.05) is 0 Å². The fraction of sp³-hybridized carbons (Fsp3) is 0.481. The minimum absolute atomic E-state index is 0.00145. The Kier molecular flexibility index (Phi) is 16.0. The van der Waals surface area contributed by atoms with Crippen molar-refractivity contribution < 1.29 is 81.4 Å². The topological polar surface area (TPSA) is 0 Å². The SMILES string of the molecule is C[SiH](CCC(F)(F)F)[Zr]([Cl])([Cl])([CH]1C(CC2CCCCCC2)=Cc2c(-c3cc(C(F)(F)F)cc(C(F)(F)F)c3)cccc21)[CH]1C(CC2CCCCCC2)=Cc2c(-c3cc(C(F)(F)F)cc(C(F)(F)F)c3)cccc21. The molecule has 0 radical (unpaired) electrons. The third-order valence-electron chi connectivity index (χ3n) is 16.0. The van der Waals surface area contributed by atoms with Crippen LogP contribution in [-0.4, -0.2) is 12.1 Å². The molecule has 3 unspecified atom stereocenters. The zero-order valence-electron chi connectivity index (χ0n) is 39.7. The number of alkyl halides is 15. The van der Waals surface area contributed by atoms with Gasteiger partial charge in [-0.15, -0.1) is 0 Å². The minimum atomic E-state index is -6.59. The summed E-state index contributed by atoms with van der Waals surface area (Å²) < 4.78 is 215. The molecule has 0 amide bonds. The van der Waals surface area contributed by atoms with Crippen molar-refractivity contribution >= 4 is 35.1 Å². The van der Waals surface area contributed by atoms with E-state index in [0.29, 0.717) is 59.4 Å². The van der Waals surface area contributed by atoms with Crippen molar-refractivity contribution in [1.82, 2.24) is 0 Å². The number of hydrogen-bond acceptors (Lipinski definition) is 0. The van der Waals surface area contributed by atoms with E-state index in [0.717, 1.165) is 77.0 Å². The molecule has 4 aromatic rings. The first-order valence-electron chi connectivity index (χ1n) is 24.8. The Hall–Kier alpha value is -3.01. The van der Waals surface area contributed by atoms with Crippen LogP contribution in [0.3, 0.4) is 0 Å². The van der Waals surface area contributed by atoms with Crippen LogP contribution in [0.2, 0.25) is 12.6 Å². The average molecular weight is 1180 g/mol. The van der Waals surface area contributed by atoms with Gasteiger partial charge in [0.15, 0.2) is 0 Å². The summed E-state index contributed by atoms with van der Waals surface area (Å²) in [6.07, 6.45) is -12.3. The quantitative estimate of drug-likeness (QED) is 0.0798. The Balaban J connectivity index is 1.43. The zero-order chi connectivity index (χ0) is 53.1. The van der Waals surface area contributed by atoms with E-state index in [4.69, 9.17) is 17.0 Å². The summed E-state index contributed by atoms with van der Waals surface area (Å²) in [5.41, 5.74) is -4.56. The van der Waals surface area contributed by atoms with E-state index >= 15 is 0 Å². The Bertz CT molecular complexity index is 2500. The molecule has 3 atom stereocenters. The number of fused-ring (bicyclic) bond motifs is 2. The van der Waals surface area contributed by atoms with Crippen LogP contribution in [0.5, 0.6) is 0 Å². The number of hydrogen-bond donors (Lipinski definition) is 0. The fourth-order valence-corrected chi connectivity index (χ4v) is 52.6. The third kappa shape index (κ3) is 11.9. The van der Waals surface area contributed by atoms with Gasteiger partial charge in [-0.2, -0.15) is 0 Å². The molecule has 0 aromatic heterocycles. The van der Waals surface area contributed by atoms with Crippen LogP contribution in [0.1, 0.15) is 148 Å². The first-order valence-corrected chi connectivity index (χ1v) is 40.8. The number of halogens is 17. The van der Waals surface area contributed by atoms with Gasteiger partial charge in [-0.25, -0.2) is 0 Å². The number of benzene rings is 4. The Labute approximate surface area is 423 Å². The first kappa shape index (κ1) is 56.2. The molecule has 0 N–H and O–H groups in total. The standard InChI is InChI=1S/2C25H23F6.C4H8F3Si.2ClH.Zr/c2*26-24(27,28)20-13-19(14-21(15-20)25(29,30)31)22-9-5-8-18-11-17(12-23(18)22)10-16-6-3-1-2-4-7-16;1-8-3-2-4(5,6)7;;;/h2*5,8-9,11-16H,1-4,6-7,10H2;8H,2-3H2,1H3;2*1H;/q;;;;;+2/p-2. The predicted molar refractivity (Wildman–Crippen MR) is 257 cm³/mol. The van der Waals surface area contributed by atoms with Crippen LogP contribution >= 0.6 is 17.0 Å². The van der Waals surface area contributed by atoms with Crippen molar-refractivity contribution in [3.05, 3.63) is 128 Å². The average Bonchev–Trinajstić information content (AvgIpc) is 3.61. The van der Waals surface area contributed by atoms with E-state index in [-0.39, 0.29) is 46.2 Å². The van der Waals surface area contributed by atoms with E-state index in [1.807, 2.05) is 0 Å². The van der Waals surface area contributed by atoms with Crippen LogP contribution in [0.4, 0.5) is 65.9 Å². The third-order valence-corrected chi connectivity index (χ3v) is 66.2. The zero-order valence-corrected chi connectivity index (χ0v) is 44.8. The van der Waals surface area contributed by atoms with Crippen LogP contribution in [0, 0.1) is 11.8 Å². The van der Waals surface area contributed by atoms with Gasteiger partial charge in [0, 0.05) is 0 Å². The molecule has 73 heavy (non-hydrogen) atoms. The maximum absolute atomic E-state index is 14.6. The van der Waals surface area contributed by atoms with Crippen molar-refractivity contribution in [3.63, 3.8) is 0 Å². The second kappa shape index (κ2) is 20.7. The van der Waals surface area contributed by atoms with Crippen molar-refractivity contribution in [2.45, 2.75) is 147 Å². The molecule has 0 heterocycles. The molecule has 4 aromatic carbocycles.